The van der Waals surface area contributed by atoms with Gasteiger partial charge in [-0.1, -0.05) is 12.1 Å². The molecule has 1 rings (SSSR count). The van der Waals surface area contributed by atoms with Crippen molar-refractivity contribution in [3.63, 3.8) is 0 Å². The molecular weight excluding hydrogens is 289 g/mol. The zero-order valence-corrected chi connectivity index (χ0v) is 13.4. The van der Waals surface area contributed by atoms with Crippen LogP contribution in [0.4, 0.5) is 9.18 Å². The van der Waals surface area contributed by atoms with Crippen LogP contribution in [0.15, 0.2) is 24.3 Å². The minimum absolute atomic E-state index is 0.437. The van der Waals surface area contributed by atoms with E-state index in [4.69, 9.17) is 4.74 Å². The molecule has 1 aromatic carbocycles. The van der Waals surface area contributed by atoms with E-state index in [1.54, 1.807) is 20.8 Å². The number of rotatable bonds is 4. The fourth-order valence-electron chi connectivity index (χ4n) is 1.88. The fourth-order valence-corrected chi connectivity index (χ4v) is 1.88. The first kappa shape index (κ1) is 17.9. The minimum atomic E-state index is -1.30. The van der Waals surface area contributed by atoms with Crippen molar-refractivity contribution < 1.29 is 23.8 Å². The van der Waals surface area contributed by atoms with Gasteiger partial charge in [0.15, 0.2) is 0 Å². The first-order chi connectivity index (χ1) is 9.93. The van der Waals surface area contributed by atoms with Gasteiger partial charge in [-0.15, -0.1) is 0 Å². The van der Waals surface area contributed by atoms with E-state index in [1.807, 2.05) is 0 Å². The lowest BCUT2D eigenvalue weighted by atomic mass is 9.80. The molecule has 0 spiro atoms. The largest absolute Gasteiger partial charge is 0.481 e. The second-order valence-electron chi connectivity index (χ2n) is 6.66. The Bertz CT molecular complexity index is 546. The highest BCUT2D eigenvalue weighted by atomic mass is 19.1. The van der Waals surface area contributed by atoms with Gasteiger partial charge in [0, 0.05) is 0 Å². The Balaban J connectivity index is 3.10. The van der Waals surface area contributed by atoms with Crippen molar-refractivity contribution in [2.24, 2.45) is 5.41 Å². The summed E-state index contributed by atoms with van der Waals surface area (Å²) in [5, 5.41) is 12.0. The summed E-state index contributed by atoms with van der Waals surface area (Å²) >= 11 is 0. The van der Waals surface area contributed by atoms with Gasteiger partial charge in [0.2, 0.25) is 0 Å². The lowest BCUT2D eigenvalue weighted by Gasteiger charge is -2.32. The second kappa shape index (κ2) is 6.34. The summed E-state index contributed by atoms with van der Waals surface area (Å²) in [7, 11) is 0. The Labute approximate surface area is 129 Å². The van der Waals surface area contributed by atoms with Crippen molar-refractivity contribution in [1.82, 2.24) is 5.32 Å². The zero-order valence-electron chi connectivity index (χ0n) is 13.4. The lowest BCUT2D eigenvalue weighted by Crippen LogP contribution is -2.44. The van der Waals surface area contributed by atoms with E-state index in [2.05, 4.69) is 5.32 Å². The monoisotopic (exact) mass is 311 g/mol. The quantitative estimate of drug-likeness (QED) is 0.892. The van der Waals surface area contributed by atoms with Gasteiger partial charge in [0.25, 0.3) is 0 Å². The fraction of sp³-hybridized carbons (Fsp3) is 0.500. The molecule has 0 aliphatic heterocycles. The maximum absolute atomic E-state index is 13.1. The van der Waals surface area contributed by atoms with Crippen LogP contribution in [0, 0.1) is 11.2 Å². The van der Waals surface area contributed by atoms with Gasteiger partial charge in [0.05, 0.1) is 11.5 Å². The number of carboxylic acids is 1. The third-order valence-corrected chi connectivity index (χ3v) is 3.14. The minimum Gasteiger partial charge on any atom is -0.481 e. The predicted molar refractivity (Wildman–Crippen MR) is 79.9 cm³/mol. The van der Waals surface area contributed by atoms with Crippen LogP contribution in [0.1, 0.15) is 46.2 Å². The molecular formula is C16H22FNO4. The Morgan fingerprint density at radius 3 is 2.05 bits per heavy atom. The molecule has 0 saturated heterocycles. The van der Waals surface area contributed by atoms with Crippen LogP contribution < -0.4 is 5.32 Å². The third-order valence-electron chi connectivity index (χ3n) is 3.14. The zero-order chi connectivity index (χ0) is 17.1. The summed E-state index contributed by atoms with van der Waals surface area (Å²) in [6.45, 7) is 8.10. The van der Waals surface area contributed by atoms with Crippen LogP contribution in [-0.2, 0) is 9.53 Å². The number of nitrogens with one attached hydrogen (secondary N) is 1. The van der Waals surface area contributed by atoms with E-state index >= 15 is 0 Å². The highest BCUT2D eigenvalue weighted by Gasteiger charge is 2.39. The van der Waals surface area contributed by atoms with Crippen molar-refractivity contribution in [1.29, 1.82) is 0 Å². The number of hydrogen-bond donors (Lipinski definition) is 2. The molecule has 22 heavy (non-hydrogen) atoms. The molecule has 2 N–H and O–H groups in total. The van der Waals surface area contributed by atoms with Crippen LogP contribution in [0.25, 0.3) is 0 Å². The van der Waals surface area contributed by atoms with E-state index < -0.39 is 34.9 Å². The first-order valence-corrected chi connectivity index (χ1v) is 6.92. The maximum Gasteiger partial charge on any atom is 0.408 e. The normalized spacial score (nSPS) is 13.4. The summed E-state index contributed by atoms with van der Waals surface area (Å²) in [6.07, 6.45) is -0.726. The van der Waals surface area contributed by atoms with Crippen molar-refractivity contribution in [2.45, 2.75) is 46.3 Å². The highest BCUT2D eigenvalue weighted by molar-refractivity contribution is 5.77. The summed E-state index contributed by atoms with van der Waals surface area (Å²) in [5.41, 5.74) is -1.51. The van der Waals surface area contributed by atoms with Crippen LogP contribution in [0.2, 0.25) is 0 Å². The van der Waals surface area contributed by atoms with Gasteiger partial charge in [-0.3, -0.25) is 4.79 Å². The molecule has 1 aromatic rings. The van der Waals surface area contributed by atoms with Crippen molar-refractivity contribution in [3.05, 3.63) is 35.6 Å². The lowest BCUT2D eigenvalue weighted by molar-refractivity contribution is -0.148. The summed E-state index contributed by atoms with van der Waals surface area (Å²) < 4.78 is 18.2. The summed E-state index contributed by atoms with van der Waals surface area (Å²) in [4.78, 5) is 23.5. The number of halogens is 1. The number of carbonyl (C=O) groups is 2. The average molecular weight is 311 g/mol. The van der Waals surface area contributed by atoms with Crippen LogP contribution in [0.5, 0.6) is 0 Å². The molecule has 0 bridgehead atoms. The van der Waals surface area contributed by atoms with Crippen LogP contribution in [0.3, 0.4) is 0 Å². The number of ether oxygens (including phenoxy) is 1. The Morgan fingerprint density at radius 1 is 1.14 bits per heavy atom. The van der Waals surface area contributed by atoms with Gasteiger partial charge >= 0.3 is 12.1 Å². The SMILES string of the molecule is CC(C)(C)OC(=O)N[C@H](c1ccc(F)cc1)C(C)(C)C(=O)O. The third kappa shape index (κ3) is 4.72. The van der Waals surface area contributed by atoms with Crippen LogP contribution >= 0.6 is 0 Å². The number of alkyl carbamates (subject to hydrolysis) is 1. The average Bonchev–Trinajstić information content (AvgIpc) is 2.34. The summed E-state index contributed by atoms with van der Waals surface area (Å²) in [6, 6.07) is 4.47. The number of hydrogen-bond acceptors (Lipinski definition) is 3. The van der Waals surface area contributed by atoms with Crippen molar-refractivity contribution >= 4 is 12.1 Å². The molecule has 0 unspecified atom stereocenters. The van der Waals surface area contributed by atoms with Crippen molar-refractivity contribution in [2.75, 3.05) is 0 Å². The Kier molecular flexibility index (Phi) is 5.17. The molecule has 0 aliphatic rings. The van der Waals surface area contributed by atoms with Crippen LogP contribution in [-0.4, -0.2) is 22.8 Å². The molecule has 1 atom stereocenters. The number of carboxylic acid groups (broad SMARTS) is 1. The molecule has 0 saturated carbocycles. The van der Waals surface area contributed by atoms with E-state index in [9.17, 15) is 19.1 Å². The topological polar surface area (TPSA) is 75.6 Å². The highest BCUT2D eigenvalue weighted by Crippen LogP contribution is 2.34. The van der Waals surface area contributed by atoms with Gasteiger partial charge in [-0.05, 0) is 52.3 Å². The smallest absolute Gasteiger partial charge is 0.408 e. The molecule has 5 nitrogen and oxygen atoms in total. The number of aliphatic carboxylic acids is 1. The number of amides is 1. The summed E-state index contributed by atoms with van der Waals surface area (Å²) in [5.74, 6) is -1.52. The second-order valence-corrected chi connectivity index (χ2v) is 6.66. The molecule has 0 heterocycles. The maximum atomic E-state index is 13.1. The first-order valence-electron chi connectivity index (χ1n) is 6.92. The van der Waals surface area contributed by atoms with E-state index in [1.165, 1.54) is 38.1 Å². The molecule has 0 radical (unpaired) electrons. The Hall–Kier alpha value is -2.11. The molecule has 1 amide bonds. The number of benzene rings is 1. The van der Waals surface area contributed by atoms with E-state index in [0.29, 0.717) is 5.56 Å². The molecule has 6 heteroatoms. The van der Waals surface area contributed by atoms with E-state index in [0.717, 1.165) is 0 Å². The number of carbonyl (C=O) groups excluding carboxylic acids is 1. The molecule has 0 fully saturated rings. The van der Waals surface area contributed by atoms with Crippen molar-refractivity contribution in [3.8, 4) is 0 Å². The van der Waals surface area contributed by atoms with Gasteiger partial charge in [-0.25, -0.2) is 9.18 Å². The van der Waals surface area contributed by atoms with Gasteiger partial charge < -0.3 is 15.2 Å². The Morgan fingerprint density at radius 2 is 1.64 bits per heavy atom. The molecule has 122 valence electrons. The predicted octanol–water partition coefficient (Wildman–Crippen LogP) is 3.50. The standard InChI is InChI=1S/C16H22FNO4/c1-15(2,3)22-14(21)18-12(16(4,5)13(19)20)10-6-8-11(17)9-7-10/h6-9,12H,1-5H3,(H,18,21)(H,19,20)/t12-/m1/s1. The van der Waals surface area contributed by atoms with Gasteiger partial charge in [0.1, 0.15) is 11.4 Å². The molecule has 0 aromatic heterocycles. The molecule has 0 aliphatic carbocycles. The van der Waals surface area contributed by atoms with E-state index in [-0.39, 0.29) is 0 Å². The van der Waals surface area contributed by atoms with Gasteiger partial charge in [-0.2, -0.15) is 0 Å².